The summed E-state index contributed by atoms with van der Waals surface area (Å²) in [6, 6.07) is 20.6. The maximum Gasteiger partial charge on any atom is 0.343 e. The fraction of sp³-hybridized carbons (Fsp3) is 0.0435. The van der Waals surface area contributed by atoms with E-state index >= 15 is 0 Å². The Morgan fingerprint density at radius 1 is 0.964 bits per heavy atom. The van der Waals surface area contributed by atoms with E-state index in [1.807, 2.05) is 30.3 Å². The molecule has 1 heterocycles. The second-order valence-corrected chi connectivity index (χ2v) is 6.72. The maximum atomic E-state index is 13.0. The number of hydrogen-bond donors (Lipinski definition) is 0. The van der Waals surface area contributed by atoms with E-state index in [1.165, 1.54) is 6.07 Å². The molecule has 1 aromatic heterocycles. The zero-order valence-corrected chi connectivity index (χ0v) is 15.7. The van der Waals surface area contributed by atoms with Gasteiger partial charge in [-0.2, -0.15) is 0 Å². The van der Waals surface area contributed by atoms with Crippen molar-refractivity contribution in [3.05, 3.63) is 99.4 Å². The van der Waals surface area contributed by atoms with Gasteiger partial charge in [-0.25, -0.2) is 4.79 Å². The number of esters is 1. The molecular weight excluding hydrogens is 376 g/mol. The SMILES string of the molecule is Cc1oc2cc(OC(=O)c3cccc(Cl)c3)ccc2c(=O)c1-c1ccccc1. The number of halogens is 1. The summed E-state index contributed by atoms with van der Waals surface area (Å²) in [6.45, 7) is 1.74. The highest BCUT2D eigenvalue weighted by molar-refractivity contribution is 6.30. The molecule has 0 aliphatic carbocycles. The topological polar surface area (TPSA) is 56.5 Å². The quantitative estimate of drug-likeness (QED) is 0.335. The molecule has 0 bridgehead atoms. The lowest BCUT2D eigenvalue weighted by molar-refractivity contribution is 0.0735. The first-order valence-electron chi connectivity index (χ1n) is 8.63. The number of carbonyl (C=O) groups is 1. The van der Waals surface area contributed by atoms with Gasteiger partial charge in [-0.3, -0.25) is 4.79 Å². The van der Waals surface area contributed by atoms with Crippen LogP contribution in [0.5, 0.6) is 5.75 Å². The van der Waals surface area contributed by atoms with Crippen molar-refractivity contribution in [3.8, 4) is 16.9 Å². The summed E-state index contributed by atoms with van der Waals surface area (Å²) in [7, 11) is 0. The number of rotatable bonds is 3. The van der Waals surface area contributed by atoms with Gasteiger partial charge in [0.1, 0.15) is 17.1 Å². The first-order chi connectivity index (χ1) is 13.5. The van der Waals surface area contributed by atoms with Crippen molar-refractivity contribution in [2.75, 3.05) is 0 Å². The van der Waals surface area contributed by atoms with Crippen LogP contribution >= 0.6 is 11.6 Å². The molecule has 0 radical (unpaired) electrons. The number of carbonyl (C=O) groups excluding carboxylic acids is 1. The van der Waals surface area contributed by atoms with E-state index in [0.29, 0.717) is 32.9 Å². The van der Waals surface area contributed by atoms with Gasteiger partial charge in [-0.15, -0.1) is 0 Å². The Bertz CT molecular complexity index is 1240. The highest BCUT2D eigenvalue weighted by Gasteiger charge is 2.15. The van der Waals surface area contributed by atoms with Gasteiger partial charge in [0.05, 0.1) is 16.5 Å². The Morgan fingerprint density at radius 2 is 1.75 bits per heavy atom. The predicted octanol–water partition coefficient (Wildman–Crippen LogP) is 5.64. The third-order valence-corrected chi connectivity index (χ3v) is 4.61. The normalized spacial score (nSPS) is 10.8. The Morgan fingerprint density at radius 3 is 2.50 bits per heavy atom. The van der Waals surface area contributed by atoms with Gasteiger partial charge in [-0.05, 0) is 42.8 Å². The average Bonchev–Trinajstić information content (AvgIpc) is 2.68. The van der Waals surface area contributed by atoms with E-state index in [-0.39, 0.29) is 11.2 Å². The van der Waals surface area contributed by atoms with Crippen molar-refractivity contribution < 1.29 is 13.9 Å². The van der Waals surface area contributed by atoms with Gasteiger partial charge in [0, 0.05) is 11.1 Å². The molecule has 4 aromatic rings. The Balaban J connectivity index is 1.72. The predicted molar refractivity (Wildman–Crippen MR) is 109 cm³/mol. The van der Waals surface area contributed by atoms with Crippen LogP contribution in [0.3, 0.4) is 0 Å². The number of hydrogen-bond acceptors (Lipinski definition) is 4. The number of ether oxygens (including phenoxy) is 1. The second-order valence-electron chi connectivity index (χ2n) is 6.29. The van der Waals surface area contributed by atoms with Gasteiger partial charge in [0.15, 0.2) is 0 Å². The Labute approximate surface area is 166 Å². The molecule has 0 amide bonds. The van der Waals surface area contributed by atoms with E-state index in [2.05, 4.69) is 0 Å². The summed E-state index contributed by atoms with van der Waals surface area (Å²) in [5.41, 5.74) is 1.89. The summed E-state index contributed by atoms with van der Waals surface area (Å²) in [6.07, 6.45) is 0. The largest absolute Gasteiger partial charge is 0.460 e. The summed E-state index contributed by atoms with van der Waals surface area (Å²) in [5, 5.41) is 0.870. The van der Waals surface area contributed by atoms with Crippen LogP contribution in [0.25, 0.3) is 22.1 Å². The van der Waals surface area contributed by atoms with Crippen molar-refractivity contribution in [2.45, 2.75) is 6.92 Å². The molecule has 0 aliphatic heterocycles. The van der Waals surface area contributed by atoms with Gasteiger partial charge in [0.25, 0.3) is 0 Å². The van der Waals surface area contributed by atoms with E-state index in [9.17, 15) is 9.59 Å². The zero-order valence-electron chi connectivity index (χ0n) is 14.9. The molecule has 0 spiro atoms. The lowest BCUT2D eigenvalue weighted by Gasteiger charge is -2.09. The van der Waals surface area contributed by atoms with Crippen molar-refractivity contribution in [2.24, 2.45) is 0 Å². The van der Waals surface area contributed by atoms with Crippen LogP contribution < -0.4 is 10.2 Å². The van der Waals surface area contributed by atoms with Crippen LogP contribution in [0.4, 0.5) is 0 Å². The smallest absolute Gasteiger partial charge is 0.343 e. The van der Waals surface area contributed by atoms with Crippen LogP contribution in [0, 0.1) is 6.92 Å². The number of fused-ring (bicyclic) bond motifs is 1. The first-order valence-corrected chi connectivity index (χ1v) is 9.01. The van der Waals surface area contributed by atoms with E-state index in [1.54, 1.807) is 43.3 Å². The maximum absolute atomic E-state index is 13.0. The number of benzene rings is 3. The zero-order chi connectivity index (χ0) is 19.7. The molecule has 138 valence electrons. The molecule has 0 N–H and O–H groups in total. The van der Waals surface area contributed by atoms with E-state index in [4.69, 9.17) is 20.8 Å². The molecule has 28 heavy (non-hydrogen) atoms. The second kappa shape index (κ2) is 7.33. The minimum atomic E-state index is -0.540. The van der Waals surface area contributed by atoms with E-state index < -0.39 is 5.97 Å². The molecule has 0 saturated carbocycles. The average molecular weight is 391 g/mol. The van der Waals surface area contributed by atoms with Crippen LogP contribution in [-0.2, 0) is 0 Å². The molecular formula is C23H15ClO4. The summed E-state index contributed by atoms with van der Waals surface area (Å²) in [4.78, 5) is 25.3. The lowest BCUT2D eigenvalue weighted by Crippen LogP contribution is -2.10. The lowest BCUT2D eigenvalue weighted by atomic mass is 10.0. The monoisotopic (exact) mass is 390 g/mol. The van der Waals surface area contributed by atoms with Crippen molar-refractivity contribution in [1.29, 1.82) is 0 Å². The molecule has 0 atom stereocenters. The fourth-order valence-corrected chi connectivity index (χ4v) is 3.26. The molecule has 4 rings (SSSR count). The summed E-state index contributed by atoms with van der Waals surface area (Å²) < 4.78 is 11.3. The number of aryl methyl sites for hydroxylation is 1. The molecule has 0 saturated heterocycles. The van der Waals surface area contributed by atoms with Crippen LogP contribution in [0.1, 0.15) is 16.1 Å². The minimum Gasteiger partial charge on any atom is -0.460 e. The van der Waals surface area contributed by atoms with Gasteiger partial charge < -0.3 is 9.15 Å². The highest BCUT2D eigenvalue weighted by atomic mass is 35.5. The minimum absolute atomic E-state index is 0.127. The molecule has 0 aliphatic rings. The van der Waals surface area contributed by atoms with Crippen LogP contribution in [-0.4, -0.2) is 5.97 Å². The van der Waals surface area contributed by atoms with Gasteiger partial charge in [-0.1, -0.05) is 48.0 Å². The van der Waals surface area contributed by atoms with Crippen LogP contribution in [0.15, 0.2) is 82.0 Å². The van der Waals surface area contributed by atoms with Crippen molar-refractivity contribution in [1.82, 2.24) is 0 Å². The Hall–Kier alpha value is -3.37. The van der Waals surface area contributed by atoms with E-state index in [0.717, 1.165) is 5.56 Å². The molecule has 0 unspecified atom stereocenters. The summed E-state index contributed by atoms with van der Waals surface area (Å²) in [5.74, 6) is 0.247. The van der Waals surface area contributed by atoms with Gasteiger partial charge in [0.2, 0.25) is 5.43 Å². The highest BCUT2D eigenvalue weighted by Crippen LogP contribution is 2.26. The summed E-state index contributed by atoms with van der Waals surface area (Å²) >= 11 is 5.91. The van der Waals surface area contributed by atoms with Crippen molar-refractivity contribution >= 4 is 28.5 Å². The Kier molecular flexibility index (Phi) is 4.72. The standard InChI is InChI=1S/C23H15ClO4/c1-14-21(15-6-3-2-4-7-15)22(25)19-11-10-18(13-20(19)27-14)28-23(26)16-8-5-9-17(24)12-16/h2-13H,1H3. The van der Waals surface area contributed by atoms with Crippen molar-refractivity contribution in [3.63, 3.8) is 0 Å². The molecule has 5 heteroatoms. The third kappa shape index (κ3) is 3.42. The first kappa shape index (κ1) is 18.0. The van der Waals surface area contributed by atoms with Gasteiger partial charge >= 0.3 is 5.97 Å². The third-order valence-electron chi connectivity index (χ3n) is 4.37. The molecule has 4 nitrogen and oxygen atoms in total. The van der Waals surface area contributed by atoms with Crippen LogP contribution in [0.2, 0.25) is 5.02 Å². The fourth-order valence-electron chi connectivity index (χ4n) is 3.07. The molecule has 3 aromatic carbocycles. The molecule has 0 fully saturated rings.